The number of anilines is 2. The van der Waals surface area contributed by atoms with Crippen molar-refractivity contribution in [1.82, 2.24) is 9.97 Å². The molecule has 39 heavy (non-hydrogen) atoms. The molecule has 6 rings (SSSR count). The molecule has 2 aliphatic heterocycles. The summed E-state index contributed by atoms with van der Waals surface area (Å²) in [6.07, 6.45) is 4.40. The maximum atomic E-state index is 13.1. The fraction of sp³-hybridized carbons (Fsp3) is 0.448. The first-order chi connectivity index (χ1) is 18.8. The van der Waals surface area contributed by atoms with Crippen molar-refractivity contribution >= 4 is 46.0 Å². The van der Waals surface area contributed by atoms with Crippen LogP contribution in [0, 0.1) is 11.8 Å². The van der Waals surface area contributed by atoms with Crippen molar-refractivity contribution in [2.45, 2.75) is 62.4 Å². The first-order valence-electron chi connectivity index (χ1n) is 13.3. The Morgan fingerprint density at radius 1 is 1.15 bits per heavy atom. The van der Waals surface area contributed by atoms with Crippen molar-refractivity contribution in [3.63, 3.8) is 0 Å². The molecule has 9 nitrogen and oxygen atoms in total. The molecular weight excluding hydrogens is 516 g/mol. The molecule has 3 heterocycles. The lowest BCUT2D eigenvalue weighted by Crippen LogP contribution is -2.34. The van der Waals surface area contributed by atoms with E-state index in [4.69, 9.17) is 14.2 Å². The molecule has 1 aliphatic carbocycles. The maximum Gasteiger partial charge on any atom is 0.234 e. The van der Waals surface area contributed by atoms with Crippen LogP contribution >= 0.6 is 11.8 Å². The van der Waals surface area contributed by atoms with Gasteiger partial charge in [-0.05, 0) is 69.7 Å². The number of fused-ring (bicyclic) bond motifs is 2. The van der Waals surface area contributed by atoms with Gasteiger partial charge in [-0.2, -0.15) is 0 Å². The molecule has 3 aromatic rings. The molecule has 0 radical (unpaired) electrons. The van der Waals surface area contributed by atoms with Crippen molar-refractivity contribution in [2.75, 3.05) is 23.5 Å². The Morgan fingerprint density at radius 3 is 2.77 bits per heavy atom. The normalized spacial score (nSPS) is 26.1. The molecule has 2 atom stereocenters. The van der Waals surface area contributed by atoms with Crippen molar-refractivity contribution in [3.8, 4) is 5.88 Å². The lowest BCUT2D eigenvalue weighted by Gasteiger charge is -2.33. The van der Waals surface area contributed by atoms with Crippen LogP contribution in [0.15, 0.2) is 47.5 Å². The van der Waals surface area contributed by atoms with Gasteiger partial charge >= 0.3 is 0 Å². The van der Waals surface area contributed by atoms with Gasteiger partial charge in [-0.3, -0.25) is 9.59 Å². The smallest absolute Gasteiger partial charge is 0.234 e. The minimum absolute atomic E-state index is 0.0140. The van der Waals surface area contributed by atoms with E-state index >= 15 is 0 Å². The molecule has 2 amide bonds. The molecular formula is C29H32N4O5S. The van der Waals surface area contributed by atoms with Crippen LogP contribution in [0.5, 0.6) is 5.88 Å². The van der Waals surface area contributed by atoms with E-state index in [1.165, 1.54) is 11.8 Å². The minimum Gasteiger partial charge on any atom is -0.480 e. The monoisotopic (exact) mass is 548 g/mol. The average molecular weight is 549 g/mol. The highest BCUT2D eigenvalue weighted by atomic mass is 32.2. The van der Waals surface area contributed by atoms with E-state index in [1.54, 1.807) is 13.3 Å². The number of nitrogens with zero attached hydrogens (tertiary/aromatic N) is 2. The molecule has 0 unspecified atom stereocenters. The van der Waals surface area contributed by atoms with Crippen molar-refractivity contribution in [3.05, 3.63) is 48.2 Å². The Bertz CT molecular complexity index is 1420. The zero-order chi connectivity index (χ0) is 27.1. The summed E-state index contributed by atoms with van der Waals surface area (Å²) in [5, 5.41) is 5.94. The number of rotatable bonds is 5. The zero-order valence-corrected chi connectivity index (χ0v) is 23.0. The molecule has 0 bridgehead atoms. The van der Waals surface area contributed by atoms with Crippen molar-refractivity contribution < 1.29 is 23.8 Å². The van der Waals surface area contributed by atoms with Gasteiger partial charge in [0.15, 0.2) is 5.79 Å². The number of methoxy groups -OCH3 is 1. The van der Waals surface area contributed by atoms with E-state index < -0.39 is 5.79 Å². The predicted octanol–water partition coefficient (Wildman–Crippen LogP) is 5.32. The fourth-order valence-electron chi connectivity index (χ4n) is 5.86. The van der Waals surface area contributed by atoms with E-state index in [-0.39, 0.29) is 35.9 Å². The molecule has 10 heteroatoms. The topological polar surface area (TPSA) is 112 Å². The van der Waals surface area contributed by atoms with Gasteiger partial charge in [0.2, 0.25) is 17.7 Å². The number of amides is 2. The Morgan fingerprint density at radius 2 is 1.97 bits per heavy atom. The summed E-state index contributed by atoms with van der Waals surface area (Å²) < 4.78 is 18.3. The highest BCUT2D eigenvalue weighted by molar-refractivity contribution is 8.00. The largest absolute Gasteiger partial charge is 0.480 e. The van der Waals surface area contributed by atoms with Crippen LogP contribution in [0.2, 0.25) is 0 Å². The van der Waals surface area contributed by atoms with Gasteiger partial charge in [-0.15, -0.1) is 11.8 Å². The van der Waals surface area contributed by atoms with Gasteiger partial charge in [0.1, 0.15) is 6.10 Å². The Hall–Kier alpha value is -3.21. The second-order valence-electron chi connectivity index (χ2n) is 10.8. The van der Waals surface area contributed by atoms with E-state index in [1.807, 2.05) is 50.2 Å². The van der Waals surface area contributed by atoms with E-state index in [9.17, 15) is 9.59 Å². The molecule has 2 fully saturated rings. The van der Waals surface area contributed by atoms with Crippen LogP contribution < -0.4 is 15.4 Å². The summed E-state index contributed by atoms with van der Waals surface area (Å²) in [5.74, 6) is 0.281. The summed E-state index contributed by atoms with van der Waals surface area (Å²) in [7, 11) is 1.58. The summed E-state index contributed by atoms with van der Waals surface area (Å²) in [5.41, 5.74) is 3.92. The summed E-state index contributed by atoms with van der Waals surface area (Å²) in [6.45, 7) is 3.88. The highest BCUT2D eigenvalue weighted by Crippen LogP contribution is 2.47. The number of ether oxygens (including phenoxy) is 3. The van der Waals surface area contributed by atoms with Gasteiger partial charge < -0.3 is 24.8 Å². The molecule has 2 N–H and O–H groups in total. The third kappa shape index (κ3) is 5.33. The molecule has 3 aliphatic rings. The number of carbonyl (C=O) groups is 2. The molecule has 204 valence electrons. The Labute approximate surface area is 231 Å². The maximum absolute atomic E-state index is 13.1. The van der Waals surface area contributed by atoms with Gasteiger partial charge in [0, 0.05) is 22.1 Å². The number of thioether (sulfide) groups is 1. The first kappa shape index (κ1) is 26.0. The van der Waals surface area contributed by atoms with Gasteiger partial charge in [0.05, 0.1) is 41.9 Å². The molecule has 0 spiro atoms. The van der Waals surface area contributed by atoms with Crippen LogP contribution in [0.1, 0.15) is 51.2 Å². The number of hydrogen-bond acceptors (Lipinski definition) is 8. The van der Waals surface area contributed by atoms with E-state index in [0.29, 0.717) is 17.3 Å². The minimum atomic E-state index is -0.738. The predicted molar refractivity (Wildman–Crippen MR) is 149 cm³/mol. The number of benzene rings is 2. The van der Waals surface area contributed by atoms with Crippen LogP contribution in [-0.4, -0.2) is 46.5 Å². The van der Waals surface area contributed by atoms with Gasteiger partial charge in [-0.25, -0.2) is 9.97 Å². The lowest BCUT2D eigenvalue weighted by molar-refractivity contribution is -0.152. The zero-order valence-electron chi connectivity index (χ0n) is 22.2. The van der Waals surface area contributed by atoms with Crippen LogP contribution in [0.3, 0.4) is 0 Å². The molecule has 1 saturated carbocycles. The number of carbonyl (C=O) groups excluding carboxylic acids is 2. The summed E-state index contributed by atoms with van der Waals surface area (Å²) >= 11 is 1.50. The SMILES string of the molecule is COc1cnc2cccc([C@H]3OC(C)(C)O[C@@H]3C3CCC(C(=O)Nc4ccc5c(c4)NC(=O)CS5)CC3)c2n1. The molecule has 1 saturated heterocycles. The van der Waals surface area contributed by atoms with Crippen LogP contribution in [0.4, 0.5) is 11.4 Å². The van der Waals surface area contributed by atoms with E-state index in [2.05, 4.69) is 20.6 Å². The van der Waals surface area contributed by atoms with E-state index in [0.717, 1.165) is 52.9 Å². The van der Waals surface area contributed by atoms with Crippen LogP contribution in [0.25, 0.3) is 11.0 Å². The number of nitrogens with one attached hydrogen (secondary N) is 2. The molecule has 1 aromatic heterocycles. The third-order valence-corrected chi connectivity index (χ3v) is 8.79. The standard InChI is InChI=1S/C29H32N4O5S/c1-29(2)37-26(27(38-29)19-5-4-6-20-25(19)33-24(36-3)14-30-20)16-7-9-17(10-8-16)28(35)31-18-11-12-22-21(13-18)32-23(34)15-39-22/h4-6,11-14,16-17,26-27H,7-10,15H2,1-3H3,(H,31,35)(H,32,34)/t16?,17?,26-,27-/m1/s1. The Balaban J connectivity index is 1.15. The average Bonchev–Trinajstić information content (AvgIpc) is 3.27. The second kappa shape index (κ2) is 10.4. The highest BCUT2D eigenvalue weighted by Gasteiger charge is 2.47. The Kier molecular flexibility index (Phi) is 6.95. The van der Waals surface area contributed by atoms with Crippen molar-refractivity contribution in [1.29, 1.82) is 0 Å². The lowest BCUT2D eigenvalue weighted by atomic mass is 9.77. The quantitative estimate of drug-likeness (QED) is 0.441. The van der Waals surface area contributed by atoms with Crippen LogP contribution in [-0.2, 0) is 19.1 Å². The second-order valence-corrected chi connectivity index (χ2v) is 11.8. The summed E-state index contributed by atoms with van der Waals surface area (Å²) in [6, 6.07) is 11.6. The van der Waals surface area contributed by atoms with Crippen molar-refractivity contribution in [2.24, 2.45) is 11.8 Å². The number of hydrogen-bond donors (Lipinski definition) is 2. The fourth-order valence-corrected chi connectivity index (χ4v) is 6.64. The number of aromatic nitrogens is 2. The number of para-hydroxylation sites is 1. The summed E-state index contributed by atoms with van der Waals surface area (Å²) in [4.78, 5) is 35.1. The third-order valence-electron chi connectivity index (χ3n) is 7.71. The van der Waals surface area contributed by atoms with Gasteiger partial charge in [0.25, 0.3) is 0 Å². The first-order valence-corrected chi connectivity index (χ1v) is 14.3. The van der Waals surface area contributed by atoms with Gasteiger partial charge in [-0.1, -0.05) is 12.1 Å². The molecule has 2 aromatic carbocycles.